The lowest BCUT2D eigenvalue weighted by Crippen LogP contribution is -2.65. The molecular weight excluding hydrogens is 488 g/mol. The molecule has 1 aromatic rings. The number of nitrogens with one attached hydrogen (secondary N) is 1. The molecule has 6 unspecified atom stereocenters. The molecule has 10 heteroatoms. The highest BCUT2D eigenvalue weighted by atomic mass is 16.5. The number of aryl methyl sites for hydroxylation is 1. The van der Waals surface area contributed by atoms with Gasteiger partial charge in [-0.25, -0.2) is 0 Å². The number of piperazine rings is 1. The Morgan fingerprint density at radius 1 is 1.26 bits per heavy atom. The number of amides is 1. The van der Waals surface area contributed by atoms with Crippen molar-refractivity contribution in [1.82, 2.24) is 10.2 Å². The standard InChI is InChI=1S/C28H34N4O6/c1-11-7-15-8-17-14(4)32-18(22(31-17)20(15)24(34)26(11)37-5)9-16-21(19(32)10-30-28(36)13(3)29)25(35)27(38-6)12(2)23(16)33/h7,13-14,17-19,22,34H,4,8-10,29H2,1-3,5-6H3,(H,30,36)/q-2. The zero-order valence-electron chi connectivity index (χ0n) is 22.3. The lowest BCUT2D eigenvalue weighted by Gasteiger charge is -2.67. The van der Waals surface area contributed by atoms with Crippen LogP contribution >= 0.6 is 0 Å². The van der Waals surface area contributed by atoms with E-state index < -0.39 is 18.1 Å². The summed E-state index contributed by atoms with van der Waals surface area (Å²) in [7, 11) is 2.89. The van der Waals surface area contributed by atoms with Crippen LogP contribution in [0.4, 0.5) is 0 Å². The van der Waals surface area contributed by atoms with Crippen LogP contribution in [0.2, 0.25) is 0 Å². The zero-order valence-corrected chi connectivity index (χ0v) is 22.3. The number of fused-ring (bicyclic) bond motifs is 6. The van der Waals surface area contributed by atoms with Crippen molar-refractivity contribution < 1.29 is 29.0 Å². The predicted octanol–water partition coefficient (Wildman–Crippen LogP) is 1.54. The van der Waals surface area contributed by atoms with E-state index in [-0.39, 0.29) is 65.6 Å². The highest BCUT2D eigenvalue weighted by molar-refractivity contribution is 6.25. The number of ketones is 2. The summed E-state index contributed by atoms with van der Waals surface area (Å²) >= 11 is 0. The fourth-order valence-electron chi connectivity index (χ4n) is 6.60. The Hall–Kier alpha value is -3.21. The third-order valence-electron chi connectivity index (χ3n) is 8.35. The van der Waals surface area contributed by atoms with Crippen LogP contribution in [0.15, 0.2) is 28.5 Å². The van der Waals surface area contributed by atoms with Crippen LogP contribution in [0.5, 0.6) is 11.5 Å². The molecule has 204 valence electrons. The van der Waals surface area contributed by atoms with Gasteiger partial charge in [-0.15, -0.1) is 12.1 Å². The van der Waals surface area contributed by atoms with E-state index in [0.29, 0.717) is 28.9 Å². The van der Waals surface area contributed by atoms with Gasteiger partial charge in [0.15, 0.2) is 23.0 Å². The Bertz CT molecular complexity index is 1300. The van der Waals surface area contributed by atoms with Crippen LogP contribution < -0.4 is 15.8 Å². The van der Waals surface area contributed by atoms with Gasteiger partial charge in [0.25, 0.3) is 0 Å². The third-order valence-corrected chi connectivity index (χ3v) is 8.35. The first-order valence-electron chi connectivity index (χ1n) is 12.8. The number of ether oxygens (including phenoxy) is 2. The number of phenols is 1. The summed E-state index contributed by atoms with van der Waals surface area (Å²) in [4.78, 5) is 41.8. The minimum atomic E-state index is -0.742. The van der Waals surface area contributed by atoms with E-state index in [1.807, 2.05) is 13.0 Å². The van der Waals surface area contributed by atoms with Gasteiger partial charge in [0, 0.05) is 23.3 Å². The maximum absolute atomic E-state index is 13.7. The molecule has 10 nitrogen and oxygen atoms in total. The first-order chi connectivity index (χ1) is 18.0. The minimum absolute atomic E-state index is 0.0152. The molecule has 0 aromatic heterocycles. The van der Waals surface area contributed by atoms with Crippen LogP contribution in [-0.2, 0) is 25.5 Å². The van der Waals surface area contributed by atoms with Crippen molar-refractivity contribution in [3.63, 3.8) is 0 Å². The summed E-state index contributed by atoms with van der Waals surface area (Å²) in [6.07, 6.45) is 0.801. The number of carbonyl (C=O) groups excluding carboxylic acids is 3. The Balaban J connectivity index is 1.66. The molecule has 38 heavy (non-hydrogen) atoms. The average Bonchev–Trinajstić information content (AvgIpc) is 2.88. The van der Waals surface area contributed by atoms with Crippen molar-refractivity contribution in [3.8, 4) is 11.5 Å². The van der Waals surface area contributed by atoms with E-state index in [0.717, 1.165) is 11.1 Å². The molecular formula is C28H34N4O6-2. The van der Waals surface area contributed by atoms with E-state index in [1.165, 1.54) is 14.2 Å². The Kier molecular flexibility index (Phi) is 6.61. The maximum atomic E-state index is 13.7. The highest BCUT2D eigenvalue weighted by Crippen LogP contribution is 2.55. The second-order valence-corrected chi connectivity index (χ2v) is 10.6. The van der Waals surface area contributed by atoms with Crippen molar-refractivity contribution in [1.29, 1.82) is 0 Å². The highest BCUT2D eigenvalue weighted by Gasteiger charge is 2.49. The number of rotatable bonds is 5. The van der Waals surface area contributed by atoms with Crippen LogP contribution in [0, 0.1) is 13.8 Å². The molecule has 1 amide bonds. The van der Waals surface area contributed by atoms with E-state index in [4.69, 9.17) is 20.5 Å². The number of methoxy groups -OCH3 is 2. The first-order valence-corrected chi connectivity index (χ1v) is 12.8. The van der Waals surface area contributed by atoms with Gasteiger partial charge >= 0.3 is 0 Å². The molecule has 1 aromatic carbocycles. The van der Waals surface area contributed by atoms with Crippen molar-refractivity contribution in [2.24, 2.45) is 5.73 Å². The van der Waals surface area contributed by atoms with E-state index in [1.54, 1.807) is 13.8 Å². The lowest BCUT2D eigenvalue weighted by atomic mass is 9.70. The van der Waals surface area contributed by atoms with Crippen LogP contribution in [0.1, 0.15) is 43.0 Å². The number of hydrogen-bond acceptors (Lipinski definition) is 8. The molecule has 4 N–H and O–H groups in total. The minimum Gasteiger partial charge on any atom is -0.652 e. The van der Waals surface area contributed by atoms with Gasteiger partial charge in [-0.1, -0.05) is 12.1 Å². The number of Topliss-reactive ketones (excluding diaryl/α,β-unsaturated/α-hetero) is 2. The van der Waals surface area contributed by atoms with Gasteiger partial charge in [-0.05, 0) is 56.3 Å². The molecule has 0 saturated carbocycles. The molecule has 0 spiro atoms. The molecule has 3 heterocycles. The Labute approximate surface area is 222 Å². The number of aromatic hydroxyl groups is 1. The van der Waals surface area contributed by atoms with Gasteiger partial charge in [0.2, 0.25) is 11.7 Å². The molecule has 1 fully saturated rings. The topological polar surface area (TPSA) is 145 Å². The summed E-state index contributed by atoms with van der Waals surface area (Å²) in [5, 5.41) is 19.2. The van der Waals surface area contributed by atoms with Crippen molar-refractivity contribution >= 4 is 17.5 Å². The van der Waals surface area contributed by atoms with Gasteiger partial charge in [-0.3, -0.25) is 14.4 Å². The van der Waals surface area contributed by atoms with Gasteiger partial charge < -0.3 is 42.8 Å². The van der Waals surface area contributed by atoms with Gasteiger partial charge in [0.05, 0.1) is 26.3 Å². The molecule has 1 saturated heterocycles. The first kappa shape index (κ1) is 26.4. The molecule has 4 aliphatic rings. The molecule has 5 rings (SSSR count). The summed E-state index contributed by atoms with van der Waals surface area (Å²) in [6, 6.07) is -0.788. The summed E-state index contributed by atoms with van der Waals surface area (Å²) in [5.74, 6) is -0.538. The van der Waals surface area contributed by atoms with Crippen molar-refractivity contribution in [2.75, 3.05) is 20.8 Å². The quantitative estimate of drug-likeness (QED) is 0.390. The monoisotopic (exact) mass is 522 g/mol. The second-order valence-electron chi connectivity index (χ2n) is 10.6. The lowest BCUT2D eigenvalue weighted by molar-refractivity contribution is -0.123. The smallest absolute Gasteiger partial charge is 0.236 e. The number of nitrogens with zero attached hydrogens (tertiary/aromatic N) is 2. The van der Waals surface area contributed by atoms with Gasteiger partial charge in [-0.2, -0.15) is 0 Å². The number of benzene rings is 1. The van der Waals surface area contributed by atoms with Gasteiger partial charge in [0.1, 0.15) is 0 Å². The van der Waals surface area contributed by atoms with Crippen LogP contribution in [0.25, 0.3) is 5.32 Å². The van der Waals surface area contributed by atoms with E-state index in [2.05, 4.69) is 17.1 Å². The number of phenolic OH excluding ortho intramolecular Hbond substituents is 1. The van der Waals surface area contributed by atoms with E-state index in [9.17, 15) is 19.5 Å². The van der Waals surface area contributed by atoms with Crippen LogP contribution in [-0.4, -0.2) is 78.5 Å². The normalized spacial score (nSPS) is 29.4. The number of nitrogens with two attached hydrogens (primary N) is 1. The average molecular weight is 523 g/mol. The zero-order chi connectivity index (χ0) is 27.6. The third kappa shape index (κ3) is 3.77. The molecule has 2 bridgehead atoms. The largest absolute Gasteiger partial charge is 0.652 e. The Morgan fingerprint density at radius 2 is 1.97 bits per heavy atom. The summed E-state index contributed by atoms with van der Waals surface area (Å²) in [6.45, 7) is 9.56. The molecule has 1 aliphatic carbocycles. The molecule has 6 atom stereocenters. The maximum Gasteiger partial charge on any atom is 0.236 e. The predicted molar refractivity (Wildman–Crippen MR) is 140 cm³/mol. The second kappa shape index (κ2) is 9.52. The number of hydrogen-bond donors (Lipinski definition) is 3. The SMILES string of the molecule is [CH2-]C1C2Cc3cc(C)c(OC)c(O)c3C([N-]2)C2CC3=C(C(=O)C(OC)=C(C)C3=O)C(CNC(=O)C(C)N)N12. The molecule has 0 radical (unpaired) electrons. The molecule has 3 aliphatic heterocycles. The fourth-order valence-corrected chi connectivity index (χ4v) is 6.60. The Morgan fingerprint density at radius 3 is 2.61 bits per heavy atom. The van der Waals surface area contributed by atoms with Crippen molar-refractivity contribution in [3.05, 3.63) is 57.5 Å². The summed E-state index contributed by atoms with van der Waals surface area (Å²) < 4.78 is 10.8. The van der Waals surface area contributed by atoms with Crippen molar-refractivity contribution in [2.45, 2.75) is 69.9 Å². The number of allylic oxidation sites excluding steroid dienone is 2. The van der Waals surface area contributed by atoms with E-state index >= 15 is 0 Å². The summed E-state index contributed by atoms with van der Waals surface area (Å²) in [5.41, 5.74) is 9.22. The van der Waals surface area contributed by atoms with Crippen LogP contribution in [0.3, 0.4) is 0 Å². The number of carbonyl (C=O) groups is 3. The fraction of sp³-hybridized carbons (Fsp3) is 0.500.